The van der Waals surface area contributed by atoms with Gasteiger partial charge in [0.05, 0.1) is 6.42 Å². The SMILES string of the molecule is CC(C)NC(=O)Cc1noc(-c2cc3cc(C(C)(C)C)ccc3[nH]2)n1. The number of amides is 1. The summed E-state index contributed by atoms with van der Waals surface area (Å²) in [5, 5.41) is 7.81. The van der Waals surface area contributed by atoms with E-state index in [0.29, 0.717) is 11.7 Å². The monoisotopic (exact) mass is 340 g/mol. The topological polar surface area (TPSA) is 83.8 Å². The Morgan fingerprint density at radius 1 is 1.28 bits per heavy atom. The van der Waals surface area contributed by atoms with Crippen LogP contribution >= 0.6 is 0 Å². The van der Waals surface area contributed by atoms with E-state index in [4.69, 9.17) is 4.52 Å². The van der Waals surface area contributed by atoms with E-state index in [0.717, 1.165) is 16.6 Å². The van der Waals surface area contributed by atoms with Gasteiger partial charge in [0, 0.05) is 16.9 Å². The zero-order chi connectivity index (χ0) is 18.2. The molecule has 1 aromatic carbocycles. The molecule has 3 rings (SSSR count). The highest BCUT2D eigenvalue weighted by molar-refractivity contribution is 5.85. The lowest BCUT2D eigenvalue weighted by Crippen LogP contribution is -2.31. The average Bonchev–Trinajstić information content (AvgIpc) is 3.10. The van der Waals surface area contributed by atoms with Crippen molar-refractivity contribution in [3.63, 3.8) is 0 Å². The Bertz CT molecular complexity index is 900. The molecule has 0 atom stereocenters. The average molecular weight is 340 g/mol. The first-order valence-electron chi connectivity index (χ1n) is 8.48. The number of nitrogens with zero attached hydrogens (tertiary/aromatic N) is 2. The smallest absolute Gasteiger partial charge is 0.274 e. The van der Waals surface area contributed by atoms with E-state index >= 15 is 0 Å². The number of fused-ring (bicyclic) bond motifs is 1. The molecule has 0 aliphatic heterocycles. The molecule has 25 heavy (non-hydrogen) atoms. The third-order valence-electron chi connectivity index (χ3n) is 3.95. The van der Waals surface area contributed by atoms with Crippen molar-refractivity contribution in [2.75, 3.05) is 0 Å². The third-order valence-corrected chi connectivity index (χ3v) is 3.95. The summed E-state index contributed by atoms with van der Waals surface area (Å²) in [5.41, 5.74) is 3.12. The van der Waals surface area contributed by atoms with Gasteiger partial charge in [0.1, 0.15) is 5.69 Å². The maximum Gasteiger partial charge on any atom is 0.274 e. The van der Waals surface area contributed by atoms with Crippen molar-refractivity contribution in [2.24, 2.45) is 0 Å². The number of benzene rings is 1. The molecule has 2 aromatic heterocycles. The molecule has 0 unspecified atom stereocenters. The fourth-order valence-corrected chi connectivity index (χ4v) is 2.67. The van der Waals surface area contributed by atoms with Gasteiger partial charge < -0.3 is 14.8 Å². The van der Waals surface area contributed by atoms with Crippen LogP contribution in [0.1, 0.15) is 46.0 Å². The maximum atomic E-state index is 11.8. The van der Waals surface area contributed by atoms with Gasteiger partial charge in [-0.1, -0.05) is 32.0 Å². The number of rotatable bonds is 4. The highest BCUT2D eigenvalue weighted by atomic mass is 16.5. The van der Waals surface area contributed by atoms with Crippen molar-refractivity contribution in [3.8, 4) is 11.6 Å². The van der Waals surface area contributed by atoms with E-state index < -0.39 is 0 Å². The first kappa shape index (κ1) is 17.2. The minimum absolute atomic E-state index is 0.0876. The number of carbonyl (C=O) groups excluding carboxylic acids is 1. The number of carbonyl (C=O) groups is 1. The number of H-pyrrole nitrogens is 1. The second kappa shape index (κ2) is 6.35. The summed E-state index contributed by atoms with van der Waals surface area (Å²) in [4.78, 5) is 19.4. The largest absolute Gasteiger partial charge is 0.354 e. The number of hydrogen-bond acceptors (Lipinski definition) is 4. The van der Waals surface area contributed by atoms with E-state index in [2.05, 4.69) is 59.4 Å². The lowest BCUT2D eigenvalue weighted by molar-refractivity contribution is -0.121. The number of hydrogen-bond donors (Lipinski definition) is 2. The van der Waals surface area contributed by atoms with Gasteiger partial charge in [-0.05, 0) is 43.0 Å². The number of aromatic amines is 1. The summed E-state index contributed by atoms with van der Waals surface area (Å²) in [6.45, 7) is 10.4. The molecule has 2 N–H and O–H groups in total. The van der Waals surface area contributed by atoms with Crippen LogP contribution in [0, 0.1) is 0 Å². The first-order valence-corrected chi connectivity index (χ1v) is 8.48. The molecule has 1 amide bonds. The first-order chi connectivity index (χ1) is 11.7. The van der Waals surface area contributed by atoms with Crippen molar-refractivity contribution < 1.29 is 9.32 Å². The zero-order valence-electron chi connectivity index (χ0n) is 15.3. The minimum Gasteiger partial charge on any atom is -0.354 e. The van der Waals surface area contributed by atoms with Gasteiger partial charge in [-0.2, -0.15) is 4.98 Å². The molecule has 2 heterocycles. The van der Waals surface area contributed by atoms with E-state index in [1.54, 1.807) is 0 Å². The van der Waals surface area contributed by atoms with E-state index in [1.165, 1.54) is 5.56 Å². The molecule has 0 aliphatic carbocycles. The van der Waals surface area contributed by atoms with Crippen LogP contribution in [0.2, 0.25) is 0 Å². The van der Waals surface area contributed by atoms with Crippen molar-refractivity contribution >= 4 is 16.8 Å². The molecule has 3 aromatic rings. The van der Waals surface area contributed by atoms with Crippen LogP contribution in [-0.4, -0.2) is 27.1 Å². The van der Waals surface area contributed by atoms with E-state index in [1.807, 2.05) is 19.9 Å². The molecular formula is C19H24N4O2. The zero-order valence-corrected chi connectivity index (χ0v) is 15.3. The van der Waals surface area contributed by atoms with Gasteiger partial charge in [-0.15, -0.1) is 0 Å². The Kier molecular flexibility index (Phi) is 4.37. The Morgan fingerprint density at radius 2 is 2.04 bits per heavy atom. The van der Waals surface area contributed by atoms with E-state index in [9.17, 15) is 4.79 Å². The molecule has 0 bridgehead atoms. The van der Waals surface area contributed by atoms with Gasteiger partial charge >= 0.3 is 0 Å². The van der Waals surface area contributed by atoms with Crippen LogP contribution in [0.3, 0.4) is 0 Å². The number of nitrogens with one attached hydrogen (secondary N) is 2. The van der Waals surface area contributed by atoms with Crippen molar-refractivity contribution in [1.82, 2.24) is 20.4 Å². The van der Waals surface area contributed by atoms with Crippen molar-refractivity contribution in [1.29, 1.82) is 0 Å². The van der Waals surface area contributed by atoms with Crippen LogP contribution in [0.5, 0.6) is 0 Å². The summed E-state index contributed by atoms with van der Waals surface area (Å²) >= 11 is 0. The van der Waals surface area contributed by atoms with Gasteiger partial charge in [-0.25, -0.2) is 0 Å². The second-order valence-electron chi connectivity index (χ2n) is 7.65. The quantitative estimate of drug-likeness (QED) is 0.760. The minimum atomic E-state index is -0.117. The molecule has 0 aliphatic rings. The molecular weight excluding hydrogens is 316 g/mol. The van der Waals surface area contributed by atoms with Crippen molar-refractivity contribution in [3.05, 3.63) is 35.7 Å². The molecule has 0 fully saturated rings. The molecule has 6 heteroatoms. The Labute approximate surface area is 147 Å². The van der Waals surface area contributed by atoms with Crippen LogP contribution in [0.4, 0.5) is 0 Å². The predicted octanol–water partition coefficient (Wildman–Crippen LogP) is 3.58. The fraction of sp³-hybridized carbons (Fsp3) is 0.421. The van der Waals surface area contributed by atoms with Crippen LogP contribution < -0.4 is 5.32 Å². The second-order valence-corrected chi connectivity index (χ2v) is 7.65. The van der Waals surface area contributed by atoms with Crippen LogP contribution in [-0.2, 0) is 16.6 Å². The van der Waals surface area contributed by atoms with Gasteiger partial charge in [0.15, 0.2) is 5.82 Å². The molecule has 0 spiro atoms. The summed E-state index contributed by atoms with van der Waals surface area (Å²) in [6, 6.07) is 8.44. The molecule has 0 saturated carbocycles. The molecule has 6 nitrogen and oxygen atoms in total. The summed E-state index contributed by atoms with van der Waals surface area (Å²) < 4.78 is 5.31. The molecule has 0 radical (unpaired) electrons. The molecule has 132 valence electrons. The van der Waals surface area contributed by atoms with E-state index in [-0.39, 0.29) is 23.8 Å². The summed E-state index contributed by atoms with van der Waals surface area (Å²) in [6.07, 6.45) is 0.107. The van der Waals surface area contributed by atoms with Crippen LogP contribution in [0.15, 0.2) is 28.8 Å². The van der Waals surface area contributed by atoms with Crippen molar-refractivity contribution in [2.45, 2.75) is 52.5 Å². The Hall–Kier alpha value is -2.63. The lowest BCUT2D eigenvalue weighted by Gasteiger charge is -2.18. The predicted molar refractivity (Wildman–Crippen MR) is 97.3 cm³/mol. The highest BCUT2D eigenvalue weighted by Gasteiger charge is 2.17. The standard InChI is InChI=1S/C19H24N4O2/c1-11(2)20-17(24)10-16-22-18(25-23-16)15-9-12-8-13(19(3,4)5)6-7-14(12)21-15/h6-9,11,21H,10H2,1-5H3,(H,20,24). The Morgan fingerprint density at radius 3 is 2.72 bits per heavy atom. The molecule has 0 saturated heterocycles. The van der Waals surface area contributed by atoms with Gasteiger partial charge in [-0.3, -0.25) is 4.79 Å². The summed E-state index contributed by atoms with van der Waals surface area (Å²) in [5.74, 6) is 0.650. The fourth-order valence-electron chi connectivity index (χ4n) is 2.67. The van der Waals surface area contributed by atoms with Gasteiger partial charge in [0.2, 0.25) is 5.91 Å². The third kappa shape index (κ3) is 3.90. The number of aromatic nitrogens is 3. The maximum absolute atomic E-state index is 11.8. The van der Waals surface area contributed by atoms with Crippen LogP contribution in [0.25, 0.3) is 22.5 Å². The summed E-state index contributed by atoms with van der Waals surface area (Å²) in [7, 11) is 0. The van der Waals surface area contributed by atoms with Gasteiger partial charge in [0.25, 0.3) is 5.89 Å². The normalized spacial score (nSPS) is 12.1. The highest BCUT2D eigenvalue weighted by Crippen LogP contribution is 2.28. The Balaban J connectivity index is 1.84. The lowest BCUT2D eigenvalue weighted by atomic mass is 9.86.